The zero-order chi connectivity index (χ0) is 15.0. The van der Waals surface area contributed by atoms with Crippen LogP contribution in [0, 0.1) is 16.0 Å². The Bertz CT molecular complexity index is 813. The molecular formula is C14H15N5OS. The number of nitriles is 1. The maximum Gasteiger partial charge on any atom is 0.217 e. The van der Waals surface area contributed by atoms with E-state index in [2.05, 4.69) is 25.9 Å². The highest BCUT2D eigenvalue weighted by atomic mass is 32.1. The van der Waals surface area contributed by atoms with Crippen molar-refractivity contribution in [2.45, 2.75) is 38.8 Å². The second-order valence-electron chi connectivity index (χ2n) is 5.26. The first-order valence-corrected chi connectivity index (χ1v) is 7.28. The Hall–Kier alpha value is -2.20. The molecule has 1 aliphatic rings. The summed E-state index contributed by atoms with van der Waals surface area (Å²) in [5.74, 6) is -0.0414. The predicted octanol–water partition coefficient (Wildman–Crippen LogP) is 1.81. The Morgan fingerprint density at radius 1 is 1.67 bits per heavy atom. The van der Waals surface area contributed by atoms with Crippen molar-refractivity contribution in [1.29, 1.82) is 5.26 Å². The number of rotatable bonds is 1. The van der Waals surface area contributed by atoms with Gasteiger partial charge in [-0.1, -0.05) is 12.2 Å². The van der Waals surface area contributed by atoms with Crippen molar-refractivity contribution in [3.05, 3.63) is 22.2 Å². The summed E-state index contributed by atoms with van der Waals surface area (Å²) in [5, 5.41) is 12.5. The Balaban J connectivity index is 2.19. The molecule has 6 nitrogen and oxygen atoms in total. The Morgan fingerprint density at radius 2 is 2.48 bits per heavy atom. The van der Waals surface area contributed by atoms with Gasteiger partial charge in [-0.3, -0.25) is 4.79 Å². The molecule has 0 spiro atoms. The molecule has 1 amide bonds. The molecule has 2 N–H and O–H groups in total. The average molecular weight is 301 g/mol. The number of aromatic nitrogens is 3. The number of carbonyl (C=O) groups excluding carboxylic acids is 1. The van der Waals surface area contributed by atoms with Crippen molar-refractivity contribution >= 4 is 29.2 Å². The lowest BCUT2D eigenvalue weighted by molar-refractivity contribution is -0.119. The molecular weight excluding hydrogens is 286 g/mol. The van der Waals surface area contributed by atoms with E-state index in [0.717, 1.165) is 36.1 Å². The zero-order valence-electron chi connectivity index (χ0n) is 11.6. The lowest BCUT2D eigenvalue weighted by atomic mass is 10.0. The minimum Gasteiger partial charge on any atom is -0.353 e. The number of carbonyl (C=O) groups is 1. The lowest BCUT2D eigenvalue weighted by Crippen LogP contribution is -2.34. The van der Waals surface area contributed by atoms with E-state index in [1.165, 1.54) is 13.3 Å². The fourth-order valence-corrected chi connectivity index (χ4v) is 3.33. The van der Waals surface area contributed by atoms with Crippen molar-refractivity contribution < 1.29 is 4.79 Å². The molecule has 7 heteroatoms. The first kappa shape index (κ1) is 13.8. The molecule has 0 fully saturated rings. The first-order chi connectivity index (χ1) is 10.1. The number of nitrogens with zero attached hydrogens (tertiary/aromatic N) is 3. The molecule has 0 saturated carbocycles. The number of aromatic amines is 1. The van der Waals surface area contributed by atoms with Crippen LogP contribution in [-0.2, 0) is 17.8 Å². The maximum atomic E-state index is 11.3. The average Bonchev–Trinajstić information content (AvgIpc) is 2.59. The highest BCUT2D eigenvalue weighted by molar-refractivity contribution is 7.71. The summed E-state index contributed by atoms with van der Waals surface area (Å²) in [6, 6.07) is 2.33. The molecule has 3 rings (SSSR count). The van der Waals surface area contributed by atoms with Gasteiger partial charge in [0.15, 0.2) is 4.64 Å². The normalized spacial score (nSPS) is 17.8. The summed E-state index contributed by atoms with van der Waals surface area (Å²) < 4.78 is 2.59. The SMILES string of the molecule is CC(=O)NC1CCCn2c(c(C#N)c3[nH]cnc(=S)c32)C1. The third-order valence-corrected chi connectivity index (χ3v) is 4.16. The van der Waals surface area contributed by atoms with Gasteiger partial charge < -0.3 is 14.9 Å². The Morgan fingerprint density at radius 3 is 3.19 bits per heavy atom. The Labute approximate surface area is 126 Å². The molecule has 0 aromatic carbocycles. The highest BCUT2D eigenvalue weighted by Crippen LogP contribution is 2.28. The number of hydrogen-bond acceptors (Lipinski definition) is 4. The van der Waals surface area contributed by atoms with Gasteiger partial charge in [-0.05, 0) is 12.8 Å². The smallest absolute Gasteiger partial charge is 0.217 e. The van der Waals surface area contributed by atoms with Crippen molar-refractivity contribution in [3.63, 3.8) is 0 Å². The molecule has 0 bridgehead atoms. The summed E-state index contributed by atoms with van der Waals surface area (Å²) in [6.45, 7) is 2.30. The number of aryl methyl sites for hydroxylation is 1. The predicted molar refractivity (Wildman–Crippen MR) is 80.2 cm³/mol. The summed E-state index contributed by atoms with van der Waals surface area (Å²) in [5.41, 5.74) is 3.10. The molecule has 108 valence electrons. The van der Waals surface area contributed by atoms with Gasteiger partial charge in [0.1, 0.15) is 11.6 Å². The van der Waals surface area contributed by atoms with Crippen molar-refractivity contribution in [2.75, 3.05) is 0 Å². The topological polar surface area (TPSA) is 86.5 Å². The fraction of sp³-hybridized carbons (Fsp3) is 0.429. The summed E-state index contributed by atoms with van der Waals surface area (Å²) in [4.78, 5) is 18.5. The molecule has 0 saturated heterocycles. The molecule has 3 heterocycles. The molecule has 2 aromatic rings. The van der Waals surface area contributed by atoms with Gasteiger partial charge in [-0.2, -0.15) is 5.26 Å². The van der Waals surface area contributed by atoms with E-state index >= 15 is 0 Å². The second-order valence-corrected chi connectivity index (χ2v) is 5.65. The van der Waals surface area contributed by atoms with Crippen LogP contribution in [0.5, 0.6) is 0 Å². The van der Waals surface area contributed by atoms with E-state index in [1.807, 2.05) is 0 Å². The standard InChI is InChI=1S/C14H15N5OS/c1-8(20)18-9-3-2-4-19-11(5-9)10(6-15)12-13(19)14(21)17-7-16-12/h7,9H,2-5H2,1H3,(H,18,20)(H,16,17,21). The van der Waals surface area contributed by atoms with Crippen LogP contribution in [0.25, 0.3) is 11.0 Å². The van der Waals surface area contributed by atoms with Gasteiger partial charge >= 0.3 is 0 Å². The van der Waals surface area contributed by atoms with E-state index in [-0.39, 0.29) is 11.9 Å². The number of nitrogens with one attached hydrogen (secondary N) is 2. The van der Waals surface area contributed by atoms with Crippen LogP contribution in [0.3, 0.4) is 0 Å². The van der Waals surface area contributed by atoms with Gasteiger partial charge in [0.2, 0.25) is 5.91 Å². The van der Waals surface area contributed by atoms with Gasteiger partial charge in [0.25, 0.3) is 0 Å². The van der Waals surface area contributed by atoms with Crippen LogP contribution in [0.4, 0.5) is 0 Å². The van der Waals surface area contributed by atoms with Crippen molar-refractivity contribution in [1.82, 2.24) is 19.9 Å². The third-order valence-electron chi connectivity index (χ3n) is 3.86. The van der Waals surface area contributed by atoms with E-state index in [4.69, 9.17) is 12.2 Å². The largest absolute Gasteiger partial charge is 0.353 e. The van der Waals surface area contributed by atoms with Crippen LogP contribution >= 0.6 is 12.2 Å². The van der Waals surface area contributed by atoms with E-state index in [0.29, 0.717) is 16.6 Å². The summed E-state index contributed by atoms with van der Waals surface area (Å²) in [6.07, 6.45) is 3.98. The third kappa shape index (κ3) is 2.32. The molecule has 21 heavy (non-hydrogen) atoms. The number of hydrogen-bond donors (Lipinski definition) is 2. The maximum absolute atomic E-state index is 11.3. The van der Waals surface area contributed by atoms with Crippen LogP contribution in [0.15, 0.2) is 6.33 Å². The van der Waals surface area contributed by atoms with Gasteiger partial charge in [0.05, 0.1) is 17.4 Å². The molecule has 1 unspecified atom stereocenters. The molecule has 1 atom stereocenters. The number of amides is 1. The highest BCUT2D eigenvalue weighted by Gasteiger charge is 2.25. The zero-order valence-corrected chi connectivity index (χ0v) is 12.5. The minimum absolute atomic E-state index is 0.0414. The van der Waals surface area contributed by atoms with Crippen molar-refractivity contribution in [3.8, 4) is 6.07 Å². The van der Waals surface area contributed by atoms with E-state index < -0.39 is 0 Å². The van der Waals surface area contributed by atoms with E-state index in [9.17, 15) is 10.1 Å². The monoisotopic (exact) mass is 301 g/mol. The van der Waals surface area contributed by atoms with Crippen LogP contribution < -0.4 is 5.32 Å². The van der Waals surface area contributed by atoms with Gasteiger partial charge in [-0.15, -0.1) is 0 Å². The lowest BCUT2D eigenvalue weighted by Gasteiger charge is -2.14. The number of H-pyrrole nitrogens is 1. The van der Waals surface area contributed by atoms with Gasteiger partial charge in [-0.25, -0.2) is 4.98 Å². The van der Waals surface area contributed by atoms with E-state index in [1.54, 1.807) is 0 Å². The molecule has 0 aliphatic carbocycles. The van der Waals surface area contributed by atoms with Crippen LogP contribution in [-0.4, -0.2) is 26.5 Å². The first-order valence-electron chi connectivity index (χ1n) is 6.87. The molecule has 2 aromatic heterocycles. The molecule has 0 radical (unpaired) electrons. The summed E-state index contributed by atoms with van der Waals surface area (Å²) in [7, 11) is 0. The quantitative estimate of drug-likeness (QED) is 0.786. The second kappa shape index (κ2) is 5.30. The fourth-order valence-electron chi connectivity index (χ4n) is 3.07. The summed E-state index contributed by atoms with van der Waals surface area (Å²) >= 11 is 5.31. The van der Waals surface area contributed by atoms with Crippen LogP contribution in [0.1, 0.15) is 31.0 Å². The minimum atomic E-state index is -0.0414. The van der Waals surface area contributed by atoms with Gasteiger partial charge in [0, 0.05) is 31.6 Å². The molecule has 1 aliphatic heterocycles. The number of fused-ring (bicyclic) bond motifs is 3. The van der Waals surface area contributed by atoms with Crippen LogP contribution in [0.2, 0.25) is 0 Å². The van der Waals surface area contributed by atoms with Crippen molar-refractivity contribution in [2.24, 2.45) is 0 Å². The Kier molecular flexibility index (Phi) is 3.47.